The number of carbonyl (C=O) groups excluding carboxylic acids is 1. The number of H-pyrrole nitrogens is 1. The summed E-state index contributed by atoms with van der Waals surface area (Å²) >= 11 is 0. The Hall–Kier alpha value is -1.09. The Morgan fingerprint density at radius 1 is 1.47 bits per heavy atom. The second kappa shape index (κ2) is 4.65. The Labute approximate surface area is 103 Å². The van der Waals surface area contributed by atoms with Crippen LogP contribution in [-0.4, -0.2) is 23.9 Å². The number of aromatic nitrogens is 1. The van der Waals surface area contributed by atoms with Crippen molar-refractivity contribution in [3.63, 3.8) is 0 Å². The molecule has 1 aliphatic rings. The van der Waals surface area contributed by atoms with Crippen LogP contribution in [0.3, 0.4) is 0 Å². The summed E-state index contributed by atoms with van der Waals surface area (Å²) < 4.78 is 0. The average molecular weight is 234 g/mol. The van der Waals surface area contributed by atoms with Gasteiger partial charge in [0, 0.05) is 18.3 Å². The molecule has 0 spiro atoms. The number of hydrogen-bond donors (Lipinski definition) is 2. The molecule has 2 rings (SSSR count). The van der Waals surface area contributed by atoms with Crippen molar-refractivity contribution >= 4 is 5.78 Å². The van der Waals surface area contributed by atoms with Crippen molar-refractivity contribution in [2.24, 2.45) is 5.41 Å². The van der Waals surface area contributed by atoms with Crippen molar-refractivity contribution in [2.45, 2.75) is 45.1 Å². The van der Waals surface area contributed by atoms with E-state index in [1.165, 1.54) is 0 Å². The molecule has 1 heterocycles. The zero-order valence-corrected chi connectivity index (χ0v) is 10.9. The van der Waals surface area contributed by atoms with E-state index in [9.17, 15) is 4.79 Å². The SMILES string of the molecule is CNC1C(=O)C(c2cc[nH]c2)CCCC1(C)C. The van der Waals surface area contributed by atoms with Crippen LogP contribution >= 0.6 is 0 Å². The molecule has 0 saturated heterocycles. The first-order valence-electron chi connectivity index (χ1n) is 6.40. The number of ketones is 1. The Kier molecular flexibility index (Phi) is 3.38. The first kappa shape index (κ1) is 12.4. The number of likely N-dealkylation sites (N-methyl/N-ethyl adjacent to an activating group) is 1. The molecule has 1 fully saturated rings. The molecular weight excluding hydrogens is 212 g/mol. The highest BCUT2D eigenvalue weighted by Gasteiger charge is 2.40. The normalized spacial score (nSPS) is 29.0. The minimum atomic E-state index is -0.0371. The van der Waals surface area contributed by atoms with Gasteiger partial charge in [-0.15, -0.1) is 0 Å². The van der Waals surface area contributed by atoms with E-state index in [1.807, 2.05) is 25.5 Å². The fourth-order valence-corrected chi connectivity index (χ4v) is 3.05. The molecular formula is C14H22N2O. The molecule has 1 aliphatic carbocycles. The maximum Gasteiger partial charge on any atom is 0.157 e. The van der Waals surface area contributed by atoms with Crippen LogP contribution in [0, 0.1) is 5.41 Å². The predicted molar refractivity (Wildman–Crippen MR) is 69.0 cm³/mol. The molecule has 94 valence electrons. The highest BCUT2D eigenvalue weighted by Crippen LogP contribution is 2.38. The molecule has 1 aromatic heterocycles. The van der Waals surface area contributed by atoms with Gasteiger partial charge in [0.1, 0.15) is 0 Å². The fraction of sp³-hybridized carbons (Fsp3) is 0.643. The number of Topliss-reactive ketones (excluding diaryl/α,β-unsaturated/α-hetero) is 1. The minimum absolute atomic E-state index is 0.0371. The van der Waals surface area contributed by atoms with Gasteiger partial charge < -0.3 is 10.3 Å². The summed E-state index contributed by atoms with van der Waals surface area (Å²) in [7, 11) is 1.89. The third-order valence-corrected chi connectivity index (χ3v) is 4.04. The molecule has 17 heavy (non-hydrogen) atoms. The van der Waals surface area contributed by atoms with Gasteiger partial charge in [-0.05, 0) is 36.9 Å². The van der Waals surface area contributed by atoms with E-state index in [2.05, 4.69) is 24.1 Å². The van der Waals surface area contributed by atoms with Crippen LogP contribution in [0.2, 0.25) is 0 Å². The van der Waals surface area contributed by atoms with Crippen molar-refractivity contribution in [3.8, 4) is 0 Å². The smallest absolute Gasteiger partial charge is 0.157 e. The Morgan fingerprint density at radius 3 is 2.82 bits per heavy atom. The topological polar surface area (TPSA) is 44.9 Å². The molecule has 0 aliphatic heterocycles. The van der Waals surface area contributed by atoms with Gasteiger partial charge in [-0.2, -0.15) is 0 Å². The summed E-state index contributed by atoms with van der Waals surface area (Å²) in [5.74, 6) is 0.398. The van der Waals surface area contributed by atoms with E-state index in [-0.39, 0.29) is 17.4 Å². The maximum absolute atomic E-state index is 12.6. The maximum atomic E-state index is 12.6. The molecule has 0 bridgehead atoms. The number of carbonyl (C=O) groups is 1. The molecule has 1 saturated carbocycles. The van der Waals surface area contributed by atoms with Crippen LogP contribution in [0.1, 0.15) is 44.6 Å². The Bertz CT molecular complexity index is 381. The van der Waals surface area contributed by atoms with Gasteiger partial charge in [0.15, 0.2) is 5.78 Å². The molecule has 2 atom stereocenters. The van der Waals surface area contributed by atoms with Crippen molar-refractivity contribution in [1.82, 2.24) is 10.3 Å². The van der Waals surface area contributed by atoms with Crippen LogP contribution < -0.4 is 5.32 Å². The van der Waals surface area contributed by atoms with Gasteiger partial charge in [0.05, 0.1) is 6.04 Å². The highest BCUT2D eigenvalue weighted by atomic mass is 16.1. The summed E-state index contributed by atoms with van der Waals surface area (Å²) in [6, 6.07) is 1.98. The number of rotatable bonds is 2. The van der Waals surface area contributed by atoms with Crippen LogP contribution in [0.25, 0.3) is 0 Å². The quantitative estimate of drug-likeness (QED) is 0.772. The standard InChI is InChI=1S/C14H22N2O/c1-14(2)7-4-5-11(10-6-8-16-9-10)12(17)13(14)15-3/h6,8-9,11,13,15-16H,4-5,7H2,1-3H3. The second-order valence-electron chi connectivity index (χ2n) is 5.70. The monoisotopic (exact) mass is 234 g/mol. The number of nitrogens with one attached hydrogen (secondary N) is 2. The summed E-state index contributed by atoms with van der Waals surface area (Å²) in [4.78, 5) is 15.7. The zero-order chi connectivity index (χ0) is 12.5. The third-order valence-electron chi connectivity index (χ3n) is 4.04. The Balaban J connectivity index is 2.29. The zero-order valence-electron chi connectivity index (χ0n) is 10.9. The molecule has 0 aromatic carbocycles. The molecule has 2 N–H and O–H groups in total. The fourth-order valence-electron chi connectivity index (χ4n) is 3.05. The van der Waals surface area contributed by atoms with Gasteiger partial charge in [0.25, 0.3) is 0 Å². The molecule has 3 heteroatoms. The van der Waals surface area contributed by atoms with Crippen LogP contribution in [0.15, 0.2) is 18.5 Å². The van der Waals surface area contributed by atoms with Crippen LogP contribution in [0.4, 0.5) is 0 Å². The van der Waals surface area contributed by atoms with Gasteiger partial charge in [0.2, 0.25) is 0 Å². The summed E-state index contributed by atoms with van der Waals surface area (Å²) in [5.41, 5.74) is 1.18. The first-order valence-corrected chi connectivity index (χ1v) is 6.40. The van der Waals surface area contributed by atoms with E-state index in [1.54, 1.807) is 0 Å². The minimum Gasteiger partial charge on any atom is -0.367 e. The summed E-state index contributed by atoms with van der Waals surface area (Å²) in [6.07, 6.45) is 7.04. The largest absolute Gasteiger partial charge is 0.367 e. The number of aromatic amines is 1. The molecule has 3 nitrogen and oxygen atoms in total. The summed E-state index contributed by atoms with van der Waals surface area (Å²) in [5, 5.41) is 3.22. The highest BCUT2D eigenvalue weighted by molar-refractivity contribution is 5.91. The Morgan fingerprint density at radius 2 is 2.24 bits per heavy atom. The number of hydrogen-bond acceptors (Lipinski definition) is 2. The lowest BCUT2D eigenvalue weighted by molar-refractivity contribution is -0.124. The van der Waals surface area contributed by atoms with Crippen molar-refractivity contribution in [1.29, 1.82) is 0 Å². The van der Waals surface area contributed by atoms with E-state index in [4.69, 9.17) is 0 Å². The lowest BCUT2D eigenvalue weighted by Gasteiger charge is -2.32. The van der Waals surface area contributed by atoms with E-state index in [0.717, 1.165) is 24.8 Å². The third kappa shape index (κ3) is 2.29. The predicted octanol–water partition coefficient (Wildman–Crippen LogP) is 2.47. The average Bonchev–Trinajstić information content (AvgIpc) is 2.74. The van der Waals surface area contributed by atoms with E-state index in [0.29, 0.717) is 5.78 Å². The molecule has 1 aromatic rings. The second-order valence-corrected chi connectivity index (χ2v) is 5.70. The van der Waals surface area contributed by atoms with Gasteiger partial charge in [-0.3, -0.25) is 4.79 Å². The van der Waals surface area contributed by atoms with E-state index < -0.39 is 0 Å². The van der Waals surface area contributed by atoms with E-state index >= 15 is 0 Å². The lowest BCUT2D eigenvalue weighted by atomic mass is 9.78. The van der Waals surface area contributed by atoms with Crippen LogP contribution in [0.5, 0.6) is 0 Å². The lowest BCUT2D eigenvalue weighted by Crippen LogP contribution is -2.46. The molecule has 0 amide bonds. The van der Waals surface area contributed by atoms with Crippen molar-refractivity contribution < 1.29 is 4.79 Å². The van der Waals surface area contributed by atoms with Gasteiger partial charge in [-0.25, -0.2) is 0 Å². The first-order chi connectivity index (χ1) is 8.06. The molecule has 0 radical (unpaired) electrons. The van der Waals surface area contributed by atoms with Crippen molar-refractivity contribution in [3.05, 3.63) is 24.0 Å². The molecule has 2 unspecified atom stereocenters. The van der Waals surface area contributed by atoms with Gasteiger partial charge >= 0.3 is 0 Å². The van der Waals surface area contributed by atoms with Gasteiger partial charge in [-0.1, -0.05) is 20.3 Å². The van der Waals surface area contributed by atoms with Crippen molar-refractivity contribution in [2.75, 3.05) is 7.05 Å². The van der Waals surface area contributed by atoms with Crippen LogP contribution in [-0.2, 0) is 4.79 Å². The summed E-state index contributed by atoms with van der Waals surface area (Å²) in [6.45, 7) is 4.37.